The van der Waals surface area contributed by atoms with Gasteiger partial charge in [-0.2, -0.15) is 0 Å². The second-order valence-electron chi connectivity index (χ2n) is 13.2. The first-order chi connectivity index (χ1) is 22.5. The molecule has 2 atom stereocenters. The number of phenolic OH excluding ortho intramolecular Hbond substituents is 1. The molecule has 0 amide bonds. The van der Waals surface area contributed by atoms with E-state index in [9.17, 15) is 23.5 Å². The summed E-state index contributed by atoms with van der Waals surface area (Å²) in [6, 6.07) is 11.8. The number of para-hydroxylation sites is 2. The van der Waals surface area contributed by atoms with Crippen LogP contribution in [0.5, 0.6) is 11.5 Å². The van der Waals surface area contributed by atoms with Crippen LogP contribution in [0.3, 0.4) is 0 Å². The zero-order valence-electron chi connectivity index (χ0n) is 31.9. The molecule has 0 spiro atoms. The number of carbonyl (C=O) groups excluding carboxylic acids is 1. The Balaban J connectivity index is -0.000000325. The Morgan fingerprint density at radius 2 is 1.00 bits per heavy atom. The topological polar surface area (TPSA) is 107 Å². The van der Waals surface area contributed by atoms with Crippen molar-refractivity contribution in [1.29, 1.82) is 0 Å². The summed E-state index contributed by atoms with van der Waals surface area (Å²) in [6.07, 6.45) is -3.11. The summed E-state index contributed by atoms with van der Waals surface area (Å²) in [4.78, 5) is 25.6. The molecule has 0 saturated heterocycles. The highest BCUT2D eigenvalue weighted by Gasteiger charge is 2.24. The summed E-state index contributed by atoms with van der Waals surface area (Å²) in [6.45, 7) is 17.5. The summed E-state index contributed by atoms with van der Waals surface area (Å²) in [5, 5.41) is 18.0. The molecule has 2 rings (SSSR count). The number of aromatic hydroxyl groups is 1. The lowest BCUT2D eigenvalue weighted by atomic mass is 9.94. The predicted molar refractivity (Wildman–Crippen MR) is 215 cm³/mol. The molecule has 2 N–H and O–H groups in total. The van der Waals surface area contributed by atoms with Gasteiger partial charge in [0.05, 0.1) is 0 Å². The van der Waals surface area contributed by atoms with Crippen LogP contribution < -0.4 is 4.74 Å². The average Bonchev–Trinajstić information content (AvgIpc) is 2.98. The van der Waals surface area contributed by atoms with Gasteiger partial charge in [0.25, 0.3) is 0 Å². The normalized spacial score (nSPS) is 11.8. The molecule has 0 radical (unpaired) electrons. The number of hydrogen-bond acceptors (Lipinski definition) is 7. The lowest BCUT2D eigenvalue weighted by Gasteiger charge is -2.20. The SMILES string of the molecule is CC(C)c1cccc(C(C)C)c1O.CC(C)c1cccc(C(C)C)c1OC(=O)C(F)CCN(C)C.CN(C)CCC(F)C(=O)O.Cl.Cl.O=S(Cl)Cl. The molecular formula is C36H60Cl4F2N2O6S. The third kappa shape index (κ3) is 25.0. The number of halogens is 6. The van der Waals surface area contributed by atoms with Crippen LogP contribution in [0.2, 0.25) is 0 Å². The van der Waals surface area contributed by atoms with Crippen LogP contribution in [0.1, 0.15) is 114 Å². The molecule has 0 aliphatic carbocycles. The van der Waals surface area contributed by atoms with Crippen molar-refractivity contribution in [3.8, 4) is 11.5 Å². The molecule has 15 heteroatoms. The first kappa shape index (κ1) is 56.0. The fourth-order valence-electron chi connectivity index (χ4n) is 4.26. The van der Waals surface area contributed by atoms with Gasteiger partial charge in [0.15, 0.2) is 12.3 Å². The maximum Gasteiger partial charge on any atom is 0.346 e. The number of hydrogen-bond donors (Lipinski definition) is 2. The van der Waals surface area contributed by atoms with E-state index in [0.717, 1.165) is 22.3 Å². The predicted octanol–water partition coefficient (Wildman–Crippen LogP) is 10.0. The first-order valence-electron chi connectivity index (χ1n) is 16.3. The Morgan fingerprint density at radius 3 is 1.27 bits per heavy atom. The molecule has 0 aliphatic rings. The van der Waals surface area contributed by atoms with Crippen molar-refractivity contribution >= 4 is 67.3 Å². The number of alkyl halides is 2. The molecule has 0 aliphatic heterocycles. The van der Waals surface area contributed by atoms with E-state index in [2.05, 4.69) is 49.1 Å². The van der Waals surface area contributed by atoms with Gasteiger partial charge in [-0.15, -0.1) is 24.8 Å². The third-order valence-corrected chi connectivity index (χ3v) is 7.05. The fourth-order valence-corrected chi connectivity index (χ4v) is 4.26. The van der Waals surface area contributed by atoms with Gasteiger partial charge in [-0.25, -0.2) is 22.6 Å². The van der Waals surface area contributed by atoms with E-state index in [0.29, 0.717) is 36.4 Å². The van der Waals surface area contributed by atoms with Crippen molar-refractivity contribution in [3.63, 3.8) is 0 Å². The van der Waals surface area contributed by atoms with Crippen LogP contribution in [0.4, 0.5) is 8.78 Å². The zero-order valence-corrected chi connectivity index (χ0v) is 35.9. The smallest absolute Gasteiger partial charge is 0.346 e. The minimum atomic E-state index is -1.72. The second-order valence-corrected chi connectivity index (χ2v) is 15.8. The van der Waals surface area contributed by atoms with Crippen molar-refractivity contribution in [1.82, 2.24) is 9.80 Å². The van der Waals surface area contributed by atoms with Gasteiger partial charge < -0.3 is 24.7 Å². The molecule has 0 aromatic heterocycles. The number of esters is 1. The molecule has 298 valence electrons. The number of phenols is 1. The van der Waals surface area contributed by atoms with Crippen LogP contribution in [0.15, 0.2) is 36.4 Å². The van der Waals surface area contributed by atoms with Crippen LogP contribution >= 0.6 is 46.2 Å². The van der Waals surface area contributed by atoms with E-state index in [1.807, 2.05) is 83.1 Å². The zero-order chi connectivity index (χ0) is 38.6. The highest BCUT2D eigenvalue weighted by Crippen LogP contribution is 2.35. The molecule has 8 nitrogen and oxygen atoms in total. The highest BCUT2D eigenvalue weighted by molar-refractivity contribution is 8.26. The number of rotatable bonds is 13. The van der Waals surface area contributed by atoms with Crippen molar-refractivity contribution in [3.05, 3.63) is 58.7 Å². The third-order valence-electron chi connectivity index (χ3n) is 7.05. The summed E-state index contributed by atoms with van der Waals surface area (Å²) < 4.78 is 40.8. The van der Waals surface area contributed by atoms with Crippen molar-refractivity contribution in [2.75, 3.05) is 41.3 Å². The molecule has 0 saturated carbocycles. The summed E-state index contributed by atoms with van der Waals surface area (Å²) >= 11 is 0. The van der Waals surface area contributed by atoms with Crippen molar-refractivity contribution in [2.45, 2.75) is 104 Å². The molecule has 0 heterocycles. The standard InChI is InChI=1S/C18H28FNO2.C12H18O.C6H12FNO2.Cl2OS.2ClH/c1-12(2)14-8-7-9-15(13(3)4)17(14)22-18(21)16(19)10-11-20(5)6;1-8(2)10-6-5-7-11(9(3)4)12(10)13;1-8(2)4-3-5(7)6(9)10;1-4(2)3;;/h7-9,12-13,16H,10-11H2,1-6H3;5-9,13H,1-4H3;5H,3-4H2,1-2H3,(H,9,10);;2*1H. The number of carbonyl (C=O) groups is 2. The quantitative estimate of drug-likeness (QED) is 0.117. The van der Waals surface area contributed by atoms with Gasteiger partial charge in [0.2, 0.25) is 9.23 Å². The van der Waals surface area contributed by atoms with Crippen LogP contribution in [0, 0.1) is 0 Å². The number of aliphatic carboxylic acids is 1. The van der Waals surface area contributed by atoms with Gasteiger partial charge in [-0.05, 0) is 74.1 Å². The fraction of sp³-hybridized carbons (Fsp3) is 0.611. The van der Waals surface area contributed by atoms with E-state index >= 15 is 0 Å². The molecule has 2 unspecified atom stereocenters. The van der Waals surface area contributed by atoms with Gasteiger partial charge in [0, 0.05) is 47.3 Å². The van der Waals surface area contributed by atoms with Crippen molar-refractivity contribution in [2.24, 2.45) is 0 Å². The average molecular weight is 829 g/mol. The Morgan fingerprint density at radius 1 is 0.706 bits per heavy atom. The largest absolute Gasteiger partial charge is 0.507 e. The first-order valence-corrected chi connectivity index (χ1v) is 19.1. The monoisotopic (exact) mass is 826 g/mol. The van der Waals surface area contributed by atoms with E-state index in [1.54, 1.807) is 19.0 Å². The maximum atomic E-state index is 14.0. The summed E-state index contributed by atoms with van der Waals surface area (Å²) in [5.74, 6) is 0.0382. The van der Waals surface area contributed by atoms with Crippen LogP contribution in [-0.2, 0) is 18.8 Å². The molecule has 2 aromatic rings. The maximum absolute atomic E-state index is 14.0. The van der Waals surface area contributed by atoms with Crippen LogP contribution in [-0.4, -0.2) is 89.8 Å². The number of benzene rings is 2. The summed E-state index contributed by atoms with van der Waals surface area (Å²) in [7, 11) is 14.6. The Hall–Kier alpha value is -1.73. The van der Waals surface area contributed by atoms with Gasteiger partial charge in [-0.1, -0.05) is 91.8 Å². The van der Waals surface area contributed by atoms with E-state index < -0.39 is 33.5 Å². The molecule has 0 fully saturated rings. The number of carboxylic acid groups (broad SMARTS) is 1. The van der Waals surface area contributed by atoms with E-state index in [1.165, 1.54) is 0 Å². The van der Waals surface area contributed by atoms with Gasteiger partial charge in [0.1, 0.15) is 11.5 Å². The number of ether oxygens (including phenoxy) is 1. The van der Waals surface area contributed by atoms with E-state index in [-0.39, 0.29) is 49.5 Å². The molecule has 51 heavy (non-hydrogen) atoms. The Labute approximate surface area is 328 Å². The minimum Gasteiger partial charge on any atom is -0.507 e. The number of nitrogens with zero attached hydrogens (tertiary/aromatic N) is 2. The number of carboxylic acids is 1. The molecular weight excluding hydrogens is 768 g/mol. The minimum absolute atomic E-state index is 0. The molecule has 0 bridgehead atoms. The lowest BCUT2D eigenvalue weighted by Crippen LogP contribution is -2.27. The Kier molecular flexibility index (Phi) is 32.6. The van der Waals surface area contributed by atoms with Crippen molar-refractivity contribution < 1.29 is 37.5 Å². The second kappa shape index (κ2) is 29.7. The Bertz CT molecular complexity index is 1230. The lowest BCUT2D eigenvalue weighted by molar-refractivity contribution is -0.143. The van der Waals surface area contributed by atoms with Crippen LogP contribution in [0.25, 0.3) is 0 Å². The summed E-state index contributed by atoms with van der Waals surface area (Å²) in [5.41, 5.74) is 3.98. The molecule has 2 aromatic carbocycles. The highest BCUT2D eigenvalue weighted by atomic mass is 36.0. The van der Waals surface area contributed by atoms with Gasteiger partial charge in [-0.3, -0.25) is 0 Å². The van der Waals surface area contributed by atoms with E-state index in [4.69, 9.17) is 14.1 Å². The van der Waals surface area contributed by atoms with Gasteiger partial charge >= 0.3 is 11.9 Å².